The van der Waals surface area contributed by atoms with Crippen molar-refractivity contribution in [2.45, 2.75) is 25.8 Å². The first-order valence-corrected chi connectivity index (χ1v) is 6.60. The number of rotatable bonds is 1. The van der Waals surface area contributed by atoms with E-state index in [4.69, 9.17) is 0 Å². The van der Waals surface area contributed by atoms with Crippen molar-refractivity contribution in [3.8, 4) is 0 Å². The van der Waals surface area contributed by atoms with Crippen LogP contribution in [0.25, 0.3) is 0 Å². The molecule has 0 radical (unpaired) electrons. The van der Waals surface area contributed by atoms with E-state index in [0.29, 0.717) is 12.6 Å². The van der Waals surface area contributed by atoms with Crippen molar-refractivity contribution < 1.29 is 18.4 Å². The number of carbonyl (C=O) groups excluding carboxylic acids is 2. The zero-order valence-electron chi connectivity index (χ0n) is 11.0. The summed E-state index contributed by atoms with van der Waals surface area (Å²) in [6.45, 7) is 2.41. The number of anilines is 1. The predicted octanol–water partition coefficient (Wildman–Crippen LogP) is 2.53. The number of hydrogen-bond donors (Lipinski definition) is 0. The summed E-state index contributed by atoms with van der Waals surface area (Å²) in [7, 11) is 0. The second-order valence-corrected chi connectivity index (χ2v) is 5.31. The van der Waals surface area contributed by atoms with E-state index >= 15 is 0 Å². The second-order valence-electron chi connectivity index (χ2n) is 5.31. The van der Waals surface area contributed by atoms with Gasteiger partial charge >= 0.3 is 6.03 Å². The fraction of sp³-hybridized carbons (Fsp3) is 0.429. The Kier molecular flexibility index (Phi) is 2.96. The Balaban J connectivity index is 2.02. The molecule has 20 heavy (non-hydrogen) atoms. The second kappa shape index (κ2) is 4.54. The van der Waals surface area contributed by atoms with Gasteiger partial charge < -0.3 is 4.90 Å². The summed E-state index contributed by atoms with van der Waals surface area (Å²) in [6.07, 6.45) is 1.69. The van der Waals surface area contributed by atoms with Crippen LogP contribution in [0.1, 0.15) is 19.8 Å². The Labute approximate surface area is 115 Å². The van der Waals surface area contributed by atoms with Crippen molar-refractivity contribution in [1.82, 2.24) is 4.90 Å². The van der Waals surface area contributed by atoms with Gasteiger partial charge in [-0.25, -0.2) is 18.5 Å². The summed E-state index contributed by atoms with van der Waals surface area (Å²) in [5.74, 6) is -2.02. The molecule has 2 aliphatic heterocycles. The molecule has 1 aromatic carbocycles. The Morgan fingerprint density at radius 2 is 2.00 bits per heavy atom. The quantitative estimate of drug-likeness (QED) is 0.742. The van der Waals surface area contributed by atoms with Crippen LogP contribution in [0.2, 0.25) is 0 Å². The zero-order valence-corrected chi connectivity index (χ0v) is 11.0. The lowest BCUT2D eigenvalue weighted by Crippen LogP contribution is -2.44. The molecule has 3 amide bonds. The van der Waals surface area contributed by atoms with Crippen LogP contribution in [-0.2, 0) is 4.79 Å². The van der Waals surface area contributed by atoms with Crippen molar-refractivity contribution in [3.63, 3.8) is 0 Å². The molecule has 6 heteroatoms. The molecule has 4 nitrogen and oxygen atoms in total. The van der Waals surface area contributed by atoms with Gasteiger partial charge in [-0.1, -0.05) is 6.92 Å². The Morgan fingerprint density at radius 1 is 1.25 bits per heavy atom. The topological polar surface area (TPSA) is 40.6 Å². The van der Waals surface area contributed by atoms with Crippen molar-refractivity contribution >= 4 is 17.6 Å². The number of benzene rings is 1. The molecule has 2 atom stereocenters. The van der Waals surface area contributed by atoms with Crippen LogP contribution in [0, 0.1) is 17.6 Å². The minimum atomic E-state index is -0.904. The minimum absolute atomic E-state index is 0.0497. The number of urea groups is 1. The number of amides is 3. The largest absolute Gasteiger partial charge is 0.332 e. The molecule has 0 saturated carbocycles. The van der Waals surface area contributed by atoms with Gasteiger partial charge in [0.1, 0.15) is 17.7 Å². The summed E-state index contributed by atoms with van der Waals surface area (Å²) in [5, 5.41) is 0. The van der Waals surface area contributed by atoms with E-state index < -0.39 is 29.6 Å². The van der Waals surface area contributed by atoms with Crippen molar-refractivity contribution in [2.75, 3.05) is 11.4 Å². The fourth-order valence-electron chi connectivity index (χ4n) is 3.02. The summed E-state index contributed by atoms with van der Waals surface area (Å²) < 4.78 is 26.8. The van der Waals surface area contributed by atoms with Crippen LogP contribution in [-0.4, -0.2) is 29.4 Å². The molecular formula is C14H14F2N2O2. The van der Waals surface area contributed by atoms with Gasteiger partial charge in [-0.2, -0.15) is 0 Å². The first-order valence-electron chi connectivity index (χ1n) is 6.60. The van der Waals surface area contributed by atoms with Crippen LogP contribution in [0.15, 0.2) is 18.2 Å². The molecule has 2 aliphatic rings. The van der Waals surface area contributed by atoms with Crippen LogP contribution in [0.5, 0.6) is 0 Å². The highest BCUT2D eigenvalue weighted by molar-refractivity contribution is 6.21. The van der Waals surface area contributed by atoms with Gasteiger partial charge in [0.2, 0.25) is 0 Å². The van der Waals surface area contributed by atoms with E-state index in [1.54, 1.807) is 0 Å². The van der Waals surface area contributed by atoms with Gasteiger partial charge in [0.25, 0.3) is 5.91 Å². The van der Waals surface area contributed by atoms with E-state index in [0.717, 1.165) is 29.9 Å². The van der Waals surface area contributed by atoms with E-state index in [-0.39, 0.29) is 11.6 Å². The lowest BCUT2D eigenvalue weighted by molar-refractivity contribution is -0.121. The van der Waals surface area contributed by atoms with Crippen LogP contribution in [0.4, 0.5) is 19.3 Å². The summed E-state index contributed by atoms with van der Waals surface area (Å²) in [4.78, 5) is 27.0. The lowest BCUT2D eigenvalue weighted by Gasteiger charge is -2.31. The third-order valence-electron chi connectivity index (χ3n) is 3.99. The molecule has 2 fully saturated rings. The van der Waals surface area contributed by atoms with Gasteiger partial charge in [-0.15, -0.1) is 0 Å². The first-order chi connectivity index (χ1) is 9.50. The molecule has 0 aromatic heterocycles. The molecule has 106 valence electrons. The lowest BCUT2D eigenvalue weighted by atomic mass is 9.91. The summed E-state index contributed by atoms with van der Waals surface area (Å²) in [5.41, 5.74) is -0.178. The SMILES string of the molecule is CC1CCCN2C(=O)N(c3ccc(F)cc3F)C(=O)C12. The van der Waals surface area contributed by atoms with Crippen molar-refractivity contribution in [2.24, 2.45) is 5.92 Å². The molecule has 2 unspecified atom stereocenters. The molecule has 1 aromatic rings. The molecule has 2 heterocycles. The Hall–Kier alpha value is -1.98. The molecule has 0 spiro atoms. The maximum absolute atomic E-state index is 13.8. The van der Waals surface area contributed by atoms with E-state index in [9.17, 15) is 18.4 Å². The molecule has 0 aliphatic carbocycles. The molecule has 0 bridgehead atoms. The predicted molar refractivity (Wildman–Crippen MR) is 68.1 cm³/mol. The zero-order chi connectivity index (χ0) is 14.4. The van der Waals surface area contributed by atoms with Crippen molar-refractivity contribution in [1.29, 1.82) is 0 Å². The third-order valence-corrected chi connectivity index (χ3v) is 3.99. The smallest absolute Gasteiger partial charge is 0.312 e. The summed E-state index contributed by atoms with van der Waals surface area (Å²) in [6, 6.07) is 1.80. The first kappa shape index (κ1) is 13.0. The highest BCUT2D eigenvalue weighted by Crippen LogP contribution is 2.34. The highest BCUT2D eigenvalue weighted by atomic mass is 19.1. The molecular weight excluding hydrogens is 266 g/mol. The normalized spacial score (nSPS) is 26.1. The number of fused-ring (bicyclic) bond motifs is 1. The fourth-order valence-corrected chi connectivity index (χ4v) is 3.02. The number of piperidine rings is 1. The monoisotopic (exact) mass is 280 g/mol. The average molecular weight is 280 g/mol. The van der Waals surface area contributed by atoms with Gasteiger partial charge in [0, 0.05) is 12.6 Å². The number of nitrogens with zero attached hydrogens (tertiary/aromatic N) is 2. The molecule has 2 saturated heterocycles. The Morgan fingerprint density at radius 3 is 2.65 bits per heavy atom. The highest BCUT2D eigenvalue weighted by Gasteiger charge is 2.50. The maximum Gasteiger partial charge on any atom is 0.332 e. The Bertz CT molecular complexity index is 591. The molecule has 3 rings (SSSR count). The van der Waals surface area contributed by atoms with Crippen LogP contribution >= 0.6 is 0 Å². The number of halogens is 2. The van der Waals surface area contributed by atoms with Gasteiger partial charge in [0.05, 0.1) is 5.69 Å². The van der Waals surface area contributed by atoms with Crippen LogP contribution in [0.3, 0.4) is 0 Å². The van der Waals surface area contributed by atoms with Crippen molar-refractivity contribution in [3.05, 3.63) is 29.8 Å². The van der Waals surface area contributed by atoms with E-state index in [2.05, 4.69) is 0 Å². The standard InChI is InChI=1S/C14H14F2N2O2/c1-8-3-2-6-17-12(8)13(19)18(14(17)20)11-5-4-9(15)7-10(11)16/h4-5,7-8,12H,2-3,6H2,1H3. The van der Waals surface area contributed by atoms with Crippen LogP contribution < -0.4 is 4.90 Å². The average Bonchev–Trinajstić information content (AvgIpc) is 2.64. The number of imide groups is 1. The maximum atomic E-state index is 13.8. The van der Waals surface area contributed by atoms with Gasteiger partial charge in [-0.05, 0) is 30.9 Å². The number of carbonyl (C=O) groups is 2. The third kappa shape index (κ3) is 1.78. The van der Waals surface area contributed by atoms with Gasteiger partial charge in [0.15, 0.2) is 0 Å². The van der Waals surface area contributed by atoms with E-state index in [1.165, 1.54) is 4.90 Å². The minimum Gasteiger partial charge on any atom is -0.312 e. The van der Waals surface area contributed by atoms with E-state index in [1.807, 2.05) is 6.92 Å². The summed E-state index contributed by atoms with van der Waals surface area (Å²) >= 11 is 0. The molecule has 0 N–H and O–H groups in total. The number of hydrogen-bond acceptors (Lipinski definition) is 2. The van der Waals surface area contributed by atoms with Gasteiger partial charge in [-0.3, -0.25) is 4.79 Å².